The molecule has 0 radical (unpaired) electrons. The van der Waals surface area contributed by atoms with Gasteiger partial charge in [0.2, 0.25) is 0 Å². The summed E-state index contributed by atoms with van der Waals surface area (Å²) in [7, 11) is 0. The van der Waals surface area contributed by atoms with Crippen LogP contribution >= 0.6 is 0 Å². The summed E-state index contributed by atoms with van der Waals surface area (Å²) >= 11 is 0. The molecule has 0 aromatic carbocycles. The fraction of sp³-hybridized carbons (Fsp3) is 0.333. The fourth-order valence-corrected chi connectivity index (χ4v) is 2.90. The van der Waals surface area contributed by atoms with Crippen molar-refractivity contribution in [1.82, 2.24) is 15.0 Å². The maximum absolute atomic E-state index is 10.6. The van der Waals surface area contributed by atoms with Crippen molar-refractivity contribution in [3.63, 3.8) is 0 Å². The van der Waals surface area contributed by atoms with E-state index in [2.05, 4.69) is 14.9 Å². The first-order chi connectivity index (χ1) is 12.2. The van der Waals surface area contributed by atoms with Crippen LogP contribution in [0, 0.1) is 5.92 Å². The summed E-state index contributed by atoms with van der Waals surface area (Å²) in [5, 5.41) is 8.74. The number of carboxylic acid groups (broad SMARTS) is 1. The molecule has 2 aromatic rings. The maximum atomic E-state index is 10.6. The second-order valence-corrected chi connectivity index (χ2v) is 6.11. The number of aromatic nitrogens is 3. The Labute approximate surface area is 146 Å². The Balaban J connectivity index is 1.80. The summed E-state index contributed by atoms with van der Waals surface area (Å²) in [5.41, 5.74) is 7.98. The van der Waals surface area contributed by atoms with E-state index in [1.54, 1.807) is 24.8 Å². The van der Waals surface area contributed by atoms with Crippen LogP contribution in [0.4, 0.5) is 5.82 Å². The third-order valence-electron chi connectivity index (χ3n) is 4.37. The third-order valence-corrected chi connectivity index (χ3v) is 4.37. The van der Waals surface area contributed by atoms with Crippen molar-refractivity contribution >= 4 is 17.9 Å². The van der Waals surface area contributed by atoms with Crippen LogP contribution in [0.3, 0.4) is 0 Å². The molecule has 7 heteroatoms. The number of carboxylic acids is 1. The van der Waals surface area contributed by atoms with Crippen LogP contribution in [0.5, 0.6) is 0 Å². The van der Waals surface area contributed by atoms with E-state index < -0.39 is 5.97 Å². The minimum absolute atomic E-state index is 0.592. The molecule has 0 amide bonds. The molecule has 2 aromatic heterocycles. The van der Waals surface area contributed by atoms with Gasteiger partial charge in [0.15, 0.2) is 0 Å². The Hall–Kier alpha value is -2.80. The van der Waals surface area contributed by atoms with Gasteiger partial charge in [0.25, 0.3) is 0 Å². The normalized spacial score (nSPS) is 15.6. The molecule has 0 atom stereocenters. The van der Waals surface area contributed by atoms with Gasteiger partial charge in [0.1, 0.15) is 5.82 Å². The van der Waals surface area contributed by atoms with Crippen molar-refractivity contribution in [2.24, 2.45) is 11.7 Å². The lowest BCUT2D eigenvalue weighted by Crippen LogP contribution is -2.36. The smallest absolute Gasteiger partial charge is 0.328 e. The molecule has 3 heterocycles. The van der Waals surface area contributed by atoms with Gasteiger partial charge >= 0.3 is 5.97 Å². The minimum atomic E-state index is -0.993. The summed E-state index contributed by atoms with van der Waals surface area (Å²) in [6.45, 7) is 2.60. The molecule has 7 nitrogen and oxygen atoms in total. The van der Waals surface area contributed by atoms with Gasteiger partial charge in [-0.3, -0.25) is 9.97 Å². The predicted octanol–water partition coefficient (Wildman–Crippen LogP) is 1.81. The zero-order valence-electron chi connectivity index (χ0n) is 13.9. The van der Waals surface area contributed by atoms with Crippen LogP contribution in [0.25, 0.3) is 17.3 Å². The standard InChI is InChI=1S/C18H21N5O2/c19-8-13-3-5-23(6-4-13)17-12-21-11-16(22-17)15-7-14(9-20-10-15)1-2-18(24)25/h1-2,7,9-13H,3-6,8,19H2,(H,24,25). The molecule has 0 aliphatic carbocycles. The summed E-state index contributed by atoms with van der Waals surface area (Å²) in [5.74, 6) is 0.446. The second kappa shape index (κ2) is 7.85. The van der Waals surface area contributed by atoms with Gasteiger partial charge in [-0.25, -0.2) is 9.78 Å². The van der Waals surface area contributed by atoms with Crippen molar-refractivity contribution in [1.29, 1.82) is 0 Å². The quantitative estimate of drug-likeness (QED) is 0.800. The summed E-state index contributed by atoms with van der Waals surface area (Å²) in [4.78, 5) is 26.1. The van der Waals surface area contributed by atoms with E-state index in [9.17, 15) is 4.79 Å². The SMILES string of the molecule is NCC1CCN(c2cncc(-c3cncc(C=CC(=O)O)c3)n2)CC1. The molecule has 3 rings (SSSR count). The Morgan fingerprint density at radius 3 is 2.72 bits per heavy atom. The molecule has 3 N–H and O–H groups in total. The van der Waals surface area contributed by atoms with E-state index >= 15 is 0 Å². The van der Waals surface area contributed by atoms with E-state index in [1.165, 1.54) is 6.08 Å². The number of anilines is 1. The Kier molecular flexibility index (Phi) is 5.35. The fourth-order valence-electron chi connectivity index (χ4n) is 2.90. The number of carbonyl (C=O) groups is 1. The maximum Gasteiger partial charge on any atom is 0.328 e. The number of rotatable bonds is 5. The van der Waals surface area contributed by atoms with Crippen molar-refractivity contribution in [3.8, 4) is 11.3 Å². The first-order valence-corrected chi connectivity index (χ1v) is 8.29. The van der Waals surface area contributed by atoms with Gasteiger partial charge < -0.3 is 15.7 Å². The molecule has 25 heavy (non-hydrogen) atoms. The van der Waals surface area contributed by atoms with Crippen molar-refractivity contribution < 1.29 is 9.90 Å². The molecule has 0 bridgehead atoms. The Morgan fingerprint density at radius 2 is 2.00 bits per heavy atom. The number of piperidine rings is 1. The molecule has 1 aliphatic rings. The summed E-state index contributed by atoms with van der Waals surface area (Å²) < 4.78 is 0. The van der Waals surface area contributed by atoms with Crippen LogP contribution in [0.15, 0.2) is 36.9 Å². The van der Waals surface area contributed by atoms with Crippen LogP contribution in [-0.4, -0.2) is 45.7 Å². The average Bonchev–Trinajstić information content (AvgIpc) is 2.67. The van der Waals surface area contributed by atoms with Gasteiger partial charge in [-0.05, 0) is 43.0 Å². The number of nitrogens with two attached hydrogens (primary N) is 1. The van der Waals surface area contributed by atoms with Crippen LogP contribution in [0.2, 0.25) is 0 Å². The molecule has 1 aliphatic heterocycles. The minimum Gasteiger partial charge on any atom is -0.478 e. The van der Waals surface area contributed by atoms with Crippen LogP contribution < -0.4 is 10.6 Å². The lowest BCUT2D eigenvalue weighted by atomic mass is 9.97. The number of hydrogen-bond donors (Lipinski definition) is 2. The molecule has 0 saturated carbocycles. The topological polar surface area (TPSA) is 105 Å². The predicted molar refractivity (Wildman–Crippen MR) is 95.9 cm³/mol. The van der Waals surface area contributed by atoms with Crippen molar-refractivity contribution in [2.75, 3.05) is 24.5 Å². The Morgan fingerprint density at radius 1 is 1.24 bits per heavy atom. The Bertz CT molecular complexity index is 770. The van der Waals surface area contributed by atoms with E-state index in [4.69, 9.17) is 15.8 Å². The highest BCUT2D eigenvalue weighted by atomic mass is 16.4. The number of aliphatic carboxylic acids is 1. The van der Waals surface area contributed by atoms with Crippen LogP contribution in [0.1, 0.15) is 18.4 Å². The summed E-state index contributed by atoms with van der Waals surface area (Å²) in [6, 6.07) is 1.85. The van der Waals surface area contributed by atoms with E-state index in [-0.39, 0.29) is 0 Å². The molecule has 1 saturated heterocycles. The number of hydrogen-bond acceptors (Lipinski definition) is 6. The van der Waals surface area contributed by atoms with E-state index in [0.29, 0.717) is 11.5 Å². The van der Waals surface area contributed by atoms with Crippen molar-refractivity contribution in [2.45, 2.75) is 12.8 Å². The van der Waals surface area contributed by atoms with Gasteiger partial charge in [-0.15, -0.1) is 0 Å². The number of pyridine rings is 1. The lowest BCUT2D eigenvalue weighted by Gasteiger charge is -2.32. The molecule has 1 fully saturated rings. The highest BCUT2D eigenvalue weighted by molar-refractivity contribution is 5.85. The highest BCUT2D eigenvalue weighted by Gasteiger charge is 2.19. The molecule has 0 spiro atoms. The molecule has 130 valence electrons. The van der Waals surface area contributed by atoms with Gasteiger partial charge in [0.05, 0.1) is 18.1 Å². The van der Waals surface area contributed by atoms with Gasteiger partial charge in [-0.2, -0.15) is 0 Å². The monoisotopic (exact) mass is 339 g/mol. The molecular formula is C18H21N5O2. The lowest BCUT2D eigenvalue weighted by molar-refractivity contribution is -0.131. The largest absolute Gasteiger partial charge is 0.478 e. The molecule has 0 unspecified atom stereocenters. The molecular weight excluding hydrogens is 318 g/mol. The zero-order valence-corrected chi connectivity index (χ0v) is 13.9. The third kappa shape index (κ3) is 4.39. The van der Waals surface area contributed by atoms with E-state index in [1.807, 2.05) is 6.07 Å². The van der Waals surface area contributed by atoms with E-state index in [0.717, 1.165) is 55.6 Å². The van der Waals surface area contributed by atoms with Gasteiger partial charge in [0, 0.05) is 37.1 Å². The average molecular weight is 339 g/mol. The van der Waals surface area contributed by atoms with Crippen LogP contribution in [-0.2, 0) is 4.79 Å². The first-order valence-electron chi connectivity index (χ1n) is 8.29. The first kappa shape index (κ1) is 17.0. The summed E-state index contributed by atoms with van der Waals surface area (Å²) in [6.07, 6.45) is 11.5. The van der Waals surface area contributed by atoms with Crippen molar-refractivity contribution in [3.05, 3.63) is 42.5 Å². The number of nitrogens with zero attached hydrogens (tertiary/aromatic N) is 4. The van der Waals surface area contributed by atoms with Gasteiger partial charge in [-0.1, -0.05) is 0 Å². The highest BCUT2D eigenvalue weighted by Crippen LogP contribution is 2.24. The second-order valence-electron chi connectivity index (χ2n) is 6.11. The zero-order chi connectivity index (χ0) is 17.6.